The number of ketones is 1. The van der Waals surface area contributed by atoms with Crippen molar-refractivity contribution < 1.29 is 33.9 Å². The first-order valence-corrected chi connectivity index (χ1v) is 10.9. The summed E-state index contributed by atoms with van der Waals surface area (Å²) in [4.78, 5) is 28.7. The lowest BCUT2D eigenvalue weighted by molar-refractivity contribution is -0.134. The van der Waals surface area contributed by atoms with Crippen molar-refractivity contribution in [2.24, 2.45) is 0 Å². The Morgan fingerprint density at radius 3 is 1.76 bits per heavy atom. The van der Waals surface area contributed by atoms with Crippen molar-refractivity contribution >= 4 is 13.6 Å². The van der Waals surface area contributed by atoms with Crippen molar-refractivity contribution in [2.75, 3.05) is 6.61 Å². The lowest BCUT2D eigenvalue weighted by Crippen LogP contribution is -2.36. The maximum Gasteiger partial charge on any atom is 0.469 e. The van der Waals surface area contributed by atoms with Crippen molar-refractivity contribution in [3.63, 3.8) is 0 Å². The molecule has 0 bridgehead atoms. The van der Waals surface area contributed by atoms with Gasteiger partial charge in [-0.2, -0.15) is 0 Å². The lowest BCUT2D eigenvalue weighted by Gasteiger charge is -2.17. The third-order valence-electron chi connectivity index (χ3n) is 4.13. The number of phosphoric ester groups is 1. The predicted molar refractivity (Wildman–Crippen MR) is 96.1 cm³/mol. The molecule has 150 valence electrons. The van der Waals surface area contributed by atoms with E-state index in [0.29, 0.717) is 6.42 Å². The highest BCUT2D eigenvalue weighted by molar-refractivity contribution is 7.46. The van der Waals surface area contributed by atoms with Gasteiger partial charge in [0.2, 0.25) is 0 Å². The summed E-state index contributed by atoms with van der Waals surface area (Å²) in [6.07, 6.45) is 9.54. The average Bonchev–Trinajstić information content (AvgIpc) is 2.56. The Morgan fingerprint density at radius 1 is 0.880 bits per heavy atom. The van der Waals surface area contributed by atoms with Crippen molar-refractivity contribution in [3.8, 4) is 0 Å². The second kappa shape index (κ2) is 14.8. The Labute approximate surface area is 151 Å². The number of unbranched alkanes of at least 4 members (excludes halogenated alkanes) is 10. The van der Waals surface area contributed by atoms with E-state index in [1.807, 2.05) is 0 Å². The van der Waals surface area contributed by atoms with Gasteiger partial charge in [-0.1, -0.05) is 71.1 Å². The largest absolute Gasteiger partial charge is 0.469 e. The van der Waals surface area contributed by atoms with Crippen LogP contribution in [0, 0.1) is 0 Å². The van der Waals surface area contributed by atoms with Crippen LogP contribution in [-0.4, -0.2) is 44.6 Å². The number of carbonyl (C=O) groups is 1. The molecule has 0 amide bonds. The lowest BCUT2D eigenvalue weighted by atomic mass is 10.0. The Balaban J connectivity index is 3.58. The summed E-state index contributed by atoms with van der Waals surface area (Å²) in [5.74, 6) is -0.530. The minimum absolute atomic E-state index is 0.144. The molecule has 2 atom stereocenters. The molecule has 0 heterocycles. The summed E-state index contributed by atoms with van der Waals surface area (Å²) in [7, 11) is -4.72. The number of Topliss-reactive ketones (excluding diaryl/α,β-unsaturated/α-hetero) is 1. The van der Waals surface area contributed by atoms with Crippen LogP contribution in [0.4, 0.5) is 0 Å². The molecule has 0 rings (SSSR count). The highest BCUT2D eigenvalue weighted by Gasteiger charge is 2.26. The van der Waals surface area contributed by atoms with Crippen LogP contribution in [0.15, 0.2) is 0 Å². The molecule has 0 radical (unpaired) electrons. The van der Waals surface area contributed by atoms with Gasteiger partial charge in [0.25, 0.3) is 0 Å². The van der Waals surface area contributed by atoms with E-state index in [9.17, 15) is 19.6 Å². The highest BCUT2D eigenvalue weighted by atomic mass is 31.2. The molecular weight excluding hydrogens is 347 g/mol. The molecule has 7 nitrogen and oxygen atoms in total. The van der Waals surface area contributed by atoms with Gasteiger partial charge >= 0.3 is 7.82 Å². The minimum Gasteiger partial charge on any atom is -0.388 e. The number of aliphatic hydroxyl groups is 2. The van der Waals surface area contributed by atoms with Gasteiger partial charge in [-0.3, -0.25) is 9.32 Å². The predicted octanol–water partition coefficient (Wildman–Crippen LogP) is 3.09. The molecule has 0 spiro atoms. The fourth-order valence-electron chi connectivity index (χ4n) is 2.59. The highest BCUT2D eigenvalue weighted by Crippen LogP contribution is 2.35. The molecule has 2 unspecified atom stereocenters. The first-order valence-electron chi connectivity index (χ1n) is 9.37. The van der Waals surface area contributed by atoms with Crippen LogP contribution in [0.25, 0.3) is 0 Å². The van der Waals surface area contributed by atoms with E-state index >= 15 is 0 Å². The number of carbonyl (C=O) groups excluding carboxylic acids is 1. The van der Waals surface area contributed by atoms with Crippen LogP contribution >= 0.6 is 7.82 Å². The van der Waals surface area contributed by atoms with Gasteiger partial charge in [0.15, 0.2) is 5.78 Å². The monoisotopic (exact) mass is 382 g/mol. The molecular formula is C17H35O7P. The van der Waals surface area contributed by atoms with E-state index in [-0.39, 0.29) is 6.42 Å². The fourth-order valence-corrected chi connectivity index (χ4v) is 2.94. The third kappa shape index (κ3) is 15.7. The Bertz CT molecular complexity index is 383. The zero-order valence-electron chi connectivity index (χ0n) is 15.3. The summed E-state index contributed by atoms with van der Waals surface area (Å²) < 4.78 is 14.6. The molecule has 0 aliphatic carbocycles. The van der Waals surface area contributed by atoms with Crippen molar-refractivity contribution in [1.82, 2.24) is 0 Å². The normalized spacial score (nSPS) is 14.4. The van der Waals surface area contributed by atoms with E-state index in [1.54, 1.807) is 0 Å². The Morgan fingerprint density at radius 2 is 1.32 bits per heavy atom. The fraction of sp³-hybridized carbons (Fsp3) is 0.941. The van der Waals surface area contributed by atoms with Crippen LogP contribution in [0.1, 0.15) is 84.0 Å². The number of hydrogen-bond acceptors (Lipinski definition) is 5. The molecule has 0 saturated carbocycles. The molecule has 0 aromatic rings. The zero-order chi connectivity index (χ0) is 19.1. The standard InChI is InChI=1S/C17H35O7P/c1-2-3-4-5-6-7-8-9-10-11-12-13-15(18)17(20)16(19)14-24-25(21,22)23/h16-17,19-20H,2-14H2,1H3,(H2,21,22,23). The zero-order valence-corrected chi connectivity index (χ0v) is 16.2. The van der Waals surface area contributed by atoms with E-state index in [4.69, 9.17) is 9.79 Å². The van der Waals surface area contributed by atoms with E-state index in [1.165, 1.54) is 44.9 Å². The molecule has 0 aliphatic rings. The first kappa shape index (κ1) is 24.7. The SMILES string of the molecule is CCCCCCCCCCCCCC(=O)C(O)C(O)COP(=O)(O)O. The molecule has 0 aliphatic heterocycles. The van der Waals surface area contributed by atoms with E-state index in [0.717, 1.165) is 19.3 Å². The summed E-state index contributed by atoms with van der Waals surface area (Å²) in [6.45, 7) is 1.43. The van der Waals surface area contributed by atoms with Gasteiger partial charge in [-0.05, 0) is 6.42 Å². The van der Waals surface area contributed by atoms with E-state index in [2.05, 4.69) is 11.4 Å². The van der Waals surface area contributed by atoms with Crippen LogP contribution in [-0.2, 0) is 13.9 Å². The Kier molecular flexibility index (Phi) is 14.6. The van der Waals surface area contributed by atoms with Crippen molar-refractivity contribution in [1.29, 1.82) is 0 Å². The summed E-state index contributed by atoms with van der Waals surface area (Å²) >= 11 is 0. The molecule has 25 heavy (non-hydrogen) atoms. The summed E-state index contributed by atoms with van der Waals surface area (Å²) in [5.41, 5.74) is 0. The molecule has 8 heteroatoms. The number of rotatable bonds is 17. The summed E-state index contributed by atoms with van der Waals surface area (Å²) in [6, 6.07) is 0. The quantitative estimate of drug-likeness (QED) is 0.225. The summed E-state index contributed by atoms with van der Waals surface area (Å²) in [5, 5.41) is 19.1. The number of phosphoric acid groups is 1. The minimum atomic E-state index is -4.72. The number of hydrogen-bond donors (Lipinski definition) is 4. The topological polar surface area (TPSA) is 124 Å². The maximum absolute atomic E-state index is 11.7. The molecule has 0 aromatic carbocycles. The second-order valence-electron chi connectivity index (χ2n) is 6.55. The van der Waals surface area contributed by atoms with Crippen molar-refractivity contribution in [2.45, 2.75) is 96.2 Å². The first-order chi connectivity index (χ1) is 11.8. The molecule has 4 N–H and O–H groups in total. The van der Waals surface area contributed by atoms with Gasteiger partial charge in [-0.25, -0.2) is 4.57 Å². The number of aliphatic hydroxyl groups excluding tert-OH is 2. The van der Waals surface area contributed by atoms with E-state index < -0.39 is 32.4 Å². The molecule has 0 aromatic heterocycles. The average molecular weight is 382 g/mol. The van der Waals surface area contributed by atoms with Crippen LogP contribution in [0.2, 0.25) is 0 Å². The van der Waals surface area contributed by atoms with Gasteiger partial charge in [0.1, 0.15) is 12.2 Å². The van der Waals surface area contributed by atoms with Gasteiger partial charge in [-0.15, -0.1) is 0 Å². The smallest absolute Gasteiger partial charge is 0.388 e. The van der Waals surface area contributed by atoms with Crippen LogP contribution < -0.4 is 0 Å². The second-order valence-corrected chi connectivity index (χ2v) is 7.79. The van der Waals surface area contributed by atoms with Gasteiger partial charge in [0, 0.05) is 6.42 Å². The van der Waals surface area contributed by atoms with Crippen LogP contribution in [0.3, 0.4) is 0 Å². The maximum atomic E-state index is 11.7. The van der Waals surface area contributed by atoms with Gasteiger partial charge in [0.05, 0.1) is 6.61 Å². The Hall–Kier alpha value is -0.300. The van der Waals surface area contributed by atoms with Gasteiger partial charge < -0.3 is 20.0 Å². The molecule has 0 saturated heterocycles. The third-order valence-corrected chi connectivity index (χ3v) is 4.62. The van der Waals surface area contributed by atoms with Crippen LogP contribution in [0.5, 0.6) is 0 Å². The molecule has 0 fully saturated rings. The van der Waals surface area contributed by atoms with Crippen molar-refractivity contribution in [3.05, 3.63) is 0 Å².